The van der Waals surface area contributed by atoms with E-state index in [-0.39, 0.29) is 0 Å². The van der Waals surface area contributed by atoms with Gasteiger partial charge in [0.25, 0.3) is 0 Å². The number of nitrogens with zero attached hydrogens (tertiary/aromatic N) is 3. The number of nitrogen functional groups attached to an aromatic ring is 1. The van der Waals surface area contributed by atoms with Gasteiger partial charge in [-0.05, 0) is 45.2 Å². The van der Waals surface area contributed by atoms with Gasteiger partial charge < -0.3 is 10.6 Å². The van der Waals surface area contributed by atoms with Crippen LogP contribution in [0, 0.1) is 0 Å². The molecular formula is C16H22N4. The zero-order chi connectivity index (χ0) is 14.3. The van der Waals surface area contributed by atoms with Gasteiger partial charge in [-0.25, -0.2) is 0 Å². The molecule has 1 aromatic carbocycles. The number of anilines is 2. The number of likely N-dealkylation sites (N-methyl/N-ethyl adjacent to an activating group) is 1. The van der Waals surface area contributed by atoms with Gasteiger partial charge in [0.1, 0.15) is 0 Å². The van der Waals surface area contributed by atoms with E-state index >= 15 is 0 Å². The normalized spacial score (nSPS) is 24.2. The van der Waals surface area contributed by atoms with Crippen LogP contribution < -0.4 is 10.6 Å². The number of hydrogen-bond donors (Lipinski definition) is 1. The molecule has 0 saturated carbocycles. The number of hydrogen-bond acceptors (Lipinski definition) is 4. The second-order valence-corrected chi connectivity index (χ2v) is 5.84. The first-order valence-electron chi connectivity index (χ1n) is 7.18. The zero-order valence-corrected chi connectivity index (χ0v) is 12.4. The summed E-state index contributed by atoms with van der Waals surface area (Å²) < 4.78 is 0. The number of fused-ring (bicyclic) bond motifs is 1. The second kappa shape index (κ2) is 4.94. The fraction of sp³-hybridized carbons (Fsp3) is 0.438. The Labute approximate surface area is 120 Å². The minimum Gasteiger partial charge on any atom is -0.398 e. The first-order chi connectivity index (χ1) is 9.58. The number of rotatable bonds is 1. The van der Waals surface area contributed by atoms with Gasteiger partial charge in [-0.15, -0.1) is 0 Å². The van der Waals surface area contributed by atoms with Crippen molar-refractivity contribution >= 4 is 22.3 Å². The van der Waals surface area contributed by atoms with Crippen molar-refractivity contribution in [3.63, 3.8) is 0 Å². The lowest BCUT2D eigenvalue weighted by Gasteiger charge is -2.43. The average molecular weight is 270 g/mol. The van der Waals surface area contributed by atoms with Gasteiger partial charge in [-0.2, -0.15) is 0 Å². The number of piperazine rings is 1. The molecule has 0 radical (unpaired) electrons. The maximum atomic E-state index is 6.06. The van der Waals surface area contributed by atoms with Crippen LogP contribution in [-0.2, 0) is 0 Å². The molecule has 4 nitrogen and oxygen atoms in total. The van der Waals surface area contributed by atoms with Crippen molar-refractivity contribution in [3.8, 4) is 0 Å². The highest BCUT2D eigenvalue weighted by Gasteiger charge is 2.27. The van der Waals surface area contributed by atoms with Crippen LogP contribution in [0.3, 0.4) is 0 Å². The van der Waals surface area contributed by atoms with E-state index in [1.807, 2.05) is 24.4 Å². The molecule has 0 amide bonds. The molecule has 2 heterocycles. The Bertz CT molecular complexity index is 613. The van der Waals surface area contributed by atoms with E-state index in [0.717, 1.165) is 29.7 Å². The SMILES string of the molecule is CC1CN(c2ccc(N)c3cccnc23)CC(C)N1C. The summed E-state index contributed by atoms with van der Waals surface area (Å²) in [7, 11) is 2.20. The Morgan fingerprint density at radius 1 is 1.15 bits per heavy atom. The molecule has 2 aromatic rings. The van der Waals surface area contributed by atoms with E-state index in [4.69, 9.17) is 5.73 Å². The standard InChI is InChI=1S/C16H22N4/c1-11-9-20(10-12(2)19(11)3)15-7-6-14(17)13-5-4-8-18-16(13)15/h4-8,11-12H,9-10,17H2,1-3H3. The van der Waals surface area contributed by atoms with Crippen molar-refractivity contribution in [2.24, 2.45) is 0 Å². The summed E-state index contributed by atoms with van der Waals surface area (Å²) in [6.45, 7) is 6.60. The second-order valence-electron chi connectivity index (χ2n) is 5.84. The van der Waals surface area contributed by atoms with E-state index in [2.05, 4.69) is 41.7 Å². The lowest BCUT2D eigenvalue weighted by atomic mass is 10.1. The highest BCUT2D eigenvalue weighted by atomic mass is 15.3. The van der Waals surface area contributed by atoms with Crippen molar-refractivity contribution in [2.75, 3.05) is 30.8 Å². The molecule has 0 aliphatic carbocycles. The Balaban J connectivity index is 2.05. The van der Waals surface area contributed by atoms with Crippen LogP contribution in [0.25, 0.3) is 10.9 Å². The Morgan fingerprint density at radius 2 is 1.85 bits per heavy atom. The van der Waals surface area contributed by atoms with E-state index in [0.29, 0.717) is 12.1 Å². The Morgan fingerprint density at radius 3 is 2.55 bits per heavy atom. The van der Waals surface area contributed by atoms with Crippen LogP contribution in [0.4, 0.5) is 11.4 Å². The van der Waals surface area contributed by atoms with Crippen LogP contribution in [0.15, 0.2) is 30.5 Å². The van der Waals surface area contributed by atoms with Gasteiger partial charge in [0.2, 0.25) is 0 Å². The van der Waals surface area contributed by atoms with E-state index in [1.165, 1.54) is 5.69 Å². The third-order valence-electron chi connectivity index (χ3n) is 4.48. The predicted molar refractivity (Wildman–Crippen MR) is 85.1 cm³/mol. The molecule has 106 valence electrons. The van der Waals surface area contributed by atoms with Crippen molar-refractivity contribution < 1.29 is 0 Å². The molecule has 1 saturated heterocycles. The molecule has 1 aromatic heterocycles. The average Bonchev–Trinajstić information content (AvgIpc) is 2.45. The van der Waals surface area contributed by atoms with Crippen LogP contribution >= 0.6 is 0 Å². The van der Waals surface area contributed by atoms with E-state index < -0.39 is 0 Å². The highest BCUT2D eigenvalue weighted by molar-refractivity contribution is 5.98. The minimum atomic E-state index is 0.537. The molecule has 2 unspecified atom stereocenters. The molecule has 20 heavy (non-hydrogen) atoms. The van der Waals surface area contributed by atoms with Gasteiger partial charge in [0, 0.05) is 42.4 Å². The van der Waals surface area contributed by atoms with Crippen molar-refractivity contribution in [2.45, 2.75) is 25.9 Å². The molecule has 0 bridgehead atoms. The van der Waals surface area contributed by atoms with Crippen LogP contribution in [-0.4, -0.2) is 42.1 Å². The third-order valence-corrected chi connectivity index (χ3v) is 4.48. The highest BCUT2D eigenvalue weighted by Crippen LogP contribution is 2.31. The zero-order valence-electron chi connectivity index (χ0n) is 12.4. The molecule has 0 spiro atoms. The molecular weight excluding hydrogens is 248 g/mol. The van der Waals surface area contributed by atoms with Gasteiger partial charge in [-0.3, -0.25) is 9.88 Å². The molecule has 1 aliphatic heterocycles. The molecule has 1 fully saturated rings. The maximum Gasteiger partial charge on any atom is 0.0955 e. The molecule has 3 rings (SSSR count). The smallest absolute Gasteiger partial charge is 0.0955 e. The van der Waals surface area contributed by atoms with Gasteiger partial charge in [-0.1, -0.05) is 0 Å². The fourth-order valence-electron chi connectivity index (χ4n) is 3.04. The number of pyridine rings is 1. The topological polar surface area (TPSA) is 45.4 Å². The monoisotopic (exact) mass is 270 g/mol. The minimum absolute atomic E-state index is 0.537. The summed E-state index contributed by atoms with van der Waals surface area (Å²) in [4.78, 5) is 9.42. The summed E-state index contributed by atoms with van der Waals surface area (Å²) in [6.07, 6.45) is 1.84. The van der Waals surface area contributed by atoms with Gasteiger partial charge in [0.05, 0.1) is 11.2 Å². The largest absolute Gasteiger partial charge is 0.398 e. The third kappa shape index (κ3) is 2.10. The van der Waals surface area contributed by atoms with E-state index in [1.54, 1.807) is 0 Å². The summed E-state index contributed by atoms with van der Waals surface area (Å²) in [5, 5.41) is 1.05. The van der Waals surface area contributed by atoms with Crippen molar-refractivity contribution in [3.05, 3.63) is 30.5 Å². The molecule has 2 N–H and O–H groups in total. The van der Waals surface area contributed by atoms with Gasteiger partial charge in [0.15, 0.2) is 0 Å². The predicted octanol–water partition coefficient (Wildman–Crippen LogP) is 2.35. The molecule has 2 atom stereocenters. The maximum absolute atomic E-state index is 6.06. The summed E-state index contributed by atoms with van der Waals surface area (Å²) >= 11 is 0. The van der Waals surface area contributed by atoms with Crippen LogP contribution in [0.1, 0.15) is 13.8 Å². The van der Waals surface area contributed by atoms with Crippen molar-refractivity contribution in [1.82, 2.24) is 9.88 Å². The van der Waals surface area contributed by atoms with Crippen molar-refractivity contribution in [1.29, 1.82) is 0 Å². The number of nitrogens with two attached hydrogens (primary N) is 1. The first-order valence-corrected chi connectivity index (χ1v) is 7.18. The summed E-state index contributed by atoms with van der Waals surface area (Å²) in [5.74, 6) is 0. The molecule has 4 heteroatoms. The summed E-state index contributed by atoms with van der Waals surface area (Å²) in [5.41, 5.74) is 9.07. The van der Waals surface area contributed by atoms with Crippen LogP contribution in [0.2, 0.25) is 0 Å². The van der Waals surface area contributed by atoms with Crippen LogP contribution in [0.5, 0.6) is 0 Å². The lowest BCUT2D eigenvalue weighted by molar-refractivity contribution is 0.170. The van der Waals surface area contributed by atoms with Gasteiger partial charge >= 0.3 is 0 Å². The lowest BCUT2D eigenvalue weighted by Crippen LogP contribution is -2.55. The quantitative estimate of drug-likeness (QED) is 0.808. The number of aromatic nitrogens is 1. The molecule has 1 aliphatic rings. The number of benzene rings is 1. The van der Waals surface area contributed by atoms with E-state index in [9.17, 15) is 0 Å². The Hall–Kier alpha value is -1.81. The fourth-order valence-corrected chi connectivity index (χ4v) is 3.04. The summed E-state index contributed by atoms with van der Waals surface area (Å²) in [6, 6.07) is 9.16. The first kappa shape index (κ1) is 13.2. The Kier molecular flexibility index (Phi) is 3.26.